The van der Waals surface area contributed by atoms with E-state index >= 15 is 0 Å². The maximum atomic E-state index is 13.6. The van der Waals surface area contributed by atoms with E-state index in [1.54, 1.807) is 38.1 Å². The lowest BCUT2D eigenvalue weighted by Crippen LogP contribution is -2.63. The van der Waals surface area contributed by atoms with E-state index < -0.39 is 53.3 Å². The second-order valence-corrected chi connectivity index (χ2v) is 11.5. The van der Waals surface area contributed by atoms with Gasteiger partial charge in [0.05, 0.1) is 18.2 Å². The van der Waals surface area contributed by atoms with Crippen LogP contribution in [0.5, 0.6) is 0 Å². The van der Waals surface area contributed by atoms with Crippen LogP contribution in [0.1, 0.15) is 73.9 Å². The van der Waals surface area contributed by atoms with E-state index in [2.05, 4.69) is 10.6 Å². The standard InChI is InChI=1S/C33H44N4O7/c1-4-33(3,36-28(38)25(34)13-8-9-20-44-31(42)24-11-6-5-7-12-24)32(43)35-26(21-23-17-15-22(2)16-18-23)29(39)37-19-10-14-27(37)30(40)41/h5-7,11-12,15-18,25-27H,4,8-10,13-14,19-21,34H2,1-3H3,(H,35,43)(H,36,38)(H,40,41)/t25-,26?,27+,33-/m0/s1. The molecular formula is C33H44N4O7. The third-order valence-electron chi connectivity index (χ3n) is 8.08. The summed E-state index contributed by atoms with van der Waals surface area (Å²) in [4.78, 5) is 65.4. The Bertz CT molecular complexity index is 1300. The van der Waals surface area contributed by atoms with Crippen molar-refractivity contribution >= 4 is 29.7 Å². The van der Waals surface area contributed by atoms with Crippen LogP contribution in [-0.2, 0) is 30.3 Å². The number of esters is 1. The molecule has 0 spiro atoms. The molecule has 238 valence electrons. The summed E-state index contributed by atoms with van der Waals surface area (Å²) >= 11 is 0. The fourth-order valence-corrected chi connectivity index (χ4v) is 5.06. The summed E-state index contributed by atoms with van der Waals surface area (Å²) in [5.41, 5.74) is 7.07. The molecule has 0 aromatic heterocycles. The number of nitrogens with zero attached hydrogens (tertiary/aromatic N) is 1. The highest BCUT2D eigenvalue weighted by molar-refractivity contribution is 5.96. The van der Waals surface area contributed by atoms with E-state index in [9.17, 15) is 29.1 Å². The predicted octanol–water partition coefficient (Wildman–Crippen LogP) is 2.74. The molecule has 0 radical (unpaired) electrons. The molecule has 2 aromatic carbocycles. The number of hydrogen-bond donors (Lipinski definition) is 4. The second-order valence-electron chi connectivity index (χ2n) is 11.5. The first-order valence-electron chi connectivity index (χ1n) is 15.1. The van der Waals surface area contributed by atoms with E-state index in [0.717, 1.165) is 11.1 Å². The highest BCUT2D eigenvalue weighted by atomic mass is 16.5. The van der Waals surface area contributed by atoms with E-state index in [-0.39, 0.29) is 26.0 Å². The monoisotopic (exact) mass is 608 g/mol. The zero-order valence-corrected chi connectivity index (χ0v) is 25.7. The van der Waals surface area contributed by atoms with Crippen molar-refractivity contribution in [3.05, 3.63) is 71.3 Å². The number of benzene rings is 2. The van der Waals surface area contributed by atoms with Gasteiger partial charge in [0.2, 0.25) is 17.7 Å². The van der Waals surface area contributed by atoms with E-state index in [1.807, 2.05) is 37.3 Å². The number of carbonyl (C=O) groups is 5. The Morgan fingerprint density at radius 3 is 2.39 bits per heavy atom. The summed E-state index contributed by atoms with van der Waals surface area (Å²) in [6.07, 6.45) is 2.65. The summed E-state index contributed by atoms with van der Waals surface area (Å²) in [7, 11) is 0. The molecule has 0 bridgehead atoms. The number of unbranched alkanes of at least 4 members (excludes halogenated alkanes) is 1. The largest absolute Gasteiger partial charge is 0.480 e. The van der Waals surface area contributed by atoms with Gasteiger partial charge in [-0.25, -0.2) is 9.59 Å². The molecule has 0 saturated carbocycles. The van der Waals surface area contributed by atoms with Crippen molar-refractivity contribution in [2.24, 2.45) is 5.73 Å². The van der Waals surface area contributed by atoms with Crippen molar-refractivity contribution in [3.63, 3.8) is 0 Å². The van der Waals surface area contributed by atoms with Gasteiger partial charge in [-0.05, 0) is 70.1 Å². The number of carboxylic acids is 1. The number of nitrogens with two attached hydrogens (primary N) is 1. The molecule has 5 N–H and O–H groups in total. The Hall–Kier alpha value is -4.25. The van der Waals surface area contributed by atoms with Gasteiger partial charge in [-0.2, -0.15) is 0 Å². The Labute approximate surface area is 258 Å². The van der Waals surface area contributed by atoms with Crippen molar-refractivity contribution < 1.29 is 33.8 Å². The summed E-state index contributed by atoms with van der Waals surface area (Å²) in [5, 5.41) is 15.2. The number of likely N-dealkylation sites (tertiary alicyclic amines) is 1. The van der Waals surface area contributed by atoms with Gasteiger partial charge in [-0.15, -0.1) is 0 Å². The number of carbonyl (C=O) groups excluding carboxylic acids is 4. The normalized spacial score (nSPS) is 17.2. The minimum atomic E-state index is -1.37. The molecule has 1 heterocycles. The molecule has 1 aliphatic heterocycles. The van der Waals surface area contributed by atoms with Gasteiger partial charge in [0.15, 0.2) is 0 Å². The topological polar surface area (TPSA) is 168 Å². The van der Waals surface area contributed by atoms with Gasteiger partial charge in [-0.1, -0.05) is 55.0 Å². The number of hydrogen-bond acceptors (Lipinski definition) is 7. The molecule has 1 fully saturated rings. The highest BCUT2D eigenvalue weighted by Gasteiger charge is 2.41. The SMILES string of the molecule is CC[C@](C)(NC(=O)[C@@H](N)CCCCOC(=O)c1ccccc1)C(=O)NC(Cc1ccc(C)cc1)C(=O)N1CCC[C@@H]1C(=O)O. The van der Waals surface area contributed by atoms with Crippen LogP contribution in [0.4, 0.5) is 0 Å². The third-order valence-corrected chi connectivity index (χ3v) is 8.08. The average molecular weight is 609 g/mol. The van der Waals surface area contributed by atoms with Gasteiger partial charge in [-0.3, -0.25) is 14.4 Å². The number of aryl methyl sites for hydroxylation is 1. The summed E-state index contributed by atoms with van der Waals surface area (Å²) in [5.74, 6) is -3.05. The number of carboxylic acid groups (broad SMARTS) is 1. The van der Waals surface area contributed by atoms with Gasteiger partial charge < -0.3 is 31.1 Å². The van der Waals surface area contributed by atoms with Crippen LogP contribution < -0.4 is 16.4 Å². The molecule has 3 rings (SSSR count). The van der Waals surface area contributed by atoms with Crippen molar-refractivity contribution in [3.8, 4) is 0 Å². The number of rotatable bonds is 15. The summed E-state index contributed by atoms with van der Waals surface area (Å²) in [6, 6.07) is 13.3. The average Bonchev–Trinajstić information content (AvgIpc) is 3.52. The number of amides is 3. The Morgan fingerprint density at radius 1 is 1.07 bits per heavy atom. The zero-order chi connectivity index (χ0) is 32.3. The lowest BCUT2D eigenvalue weighted by atomic mass is 9.94. The van der Waals surface area contributed by atoms with Crippen molar-refractivity contribution in [1.82, 2.24) is 15.5 Å². The van der Waals surface area contributed by atoms with Crippen molar-refractivity contribution in [1.29, 1.82) is 0 Å². The number of ether oxygens (including phenoxy) is 1. The minimum Gasteiger partial charge on any atom is -0.480 e. The van der Waals surface area contributed by atoms with Gasteiger partial charge in [0.25, 0.3) is 0 Å². The molecule has 1 saturated heterocycles. The molecule has 11 heteroatoms. The van der Waals surface area contributed by atoms with Gasteiger partial charge in [0, 0.05) is 13.0 Å². The third kappa shape index (κ3) is 9.37. The first-order valence-corrected chi connectivity index (χ1v) is 15.1. The number of aliphatic carboxylic acids is 1. The summed E-state index contributed by atoms with van der Waals surface area (Å²) < 4.78 is 5.26. The van der Waals surface area contributed by atoms with E-state index in [1.165, 1.54) is 4.90 Å². The Morgan fingerprint density at radius 2 is 1.75 bits per heavy atom. The maximum absolute atomic E-state index is 13.6. The first-order chi connectivity index (χ1) is 20.9. The van der Waals surface area contributed by atoms with Crippen LogP contribution in [0.15, 0.2) is 54.6 Å². The molecule has 0 aliphatic carbocycles. The van der Waals surface area contributed by atoms with Crippen LogP contribution >= 0.6 is 0 Å². The van der Waals surface area contributed by atoms with Crippen molar-refractivity contribution in [2.45, 2.75) is 89.4 Å². The highest BCUT2D eigenvalue weighted by Crippen LogP contribution is 2.21. The van der Waals surface area contributed by atoms with Crippen LogP contribution in [0.2, 0.25) is 0 Å². The Kier molecular flexibility index (Phi) is 12.5. The molecular weight excluding hydrogens is 564 g/mol. The van der Waals surface area contributed by atoms with Gasteiger partial charge >= 0.3 is 11.9 Å². The molecule has 2 aromatic rings. The fourth-order valence-electron chi connectivity index (χ4n) is 5.06. The smallest absolute Gasteiger partial charge is 0.338 e. The summed E-state index contributed by atoms with van der Waals surface area (Å²) in [6.45, 7) is 5.73. The fraction of sp³-hybridized carbons (Fsp3) is 0.485. The lowest BCUT2D eigenvalue weighted by molar-refractivity contribution is -0.149. The van der Waals surface area contributed by atoms with Crippen LogP contribution in [0, 0.1) is 6.92 Å². The predicted molar refractivity (Wildman–Crippen MR) is 165 cm³/mol. The van der Waals surface area contributed by atoms with E-state index in [4.69, 9.17) is 10.5 Å². The van der Waals surface area contributed by atoms with Gasteiger partial charge in [0.1, 0.15) is 17.6 Å². The molecule has 1 aliphatic rings. The minimum absolute atomic E-state index is 0.162. The molecule has 1 unspecified atom stereocenters. The molecule has 11 nitrogen and oxygen atoms in total. The Balaban J connectivity index is 1.59. The quantitative estimate of drug-likeness (QED) is 0.177. The van der Waals surface area contributed by atoms with Crippen LogP contribution in [0.3, 0.4) is 0 Å². The molecule has 3 amide bonds. The zero-order valence-electron chi connectivity index (χ0n) is 25.7. The van der Waals surface area contributed by atoms with Crippen LogP contribution in [-0.4, -0.2) is 76.5 Å². The number of nitrogens with one attached hydrogen (secondary N) is 2. The van der Waals surface area contributed by atoms with E-state index in [0.29, 0.717) is 37.7 Å². The van der Waals surface area contributed by atoms with Crippen molar-refractivity contribution in [2.75, 3.05) is 13.2 Å². The molecule has 44 heavy (non-hydrogen) atoms. The lowest BCUT2D eigenvalue weighted by Gasteiger charge is -2.33. The second kappa shape index (κ2) is 16.0. The first kappa shape index (κ1) is 34.2. The van der Waals surface area contributed by atoms with Crippen LogP contribution in [0.25, 0.3) is 0 Å². The maximum Gasteiger partial charge on any atom is 0.338 e. The molecule has 4 atom stereocenters.